The van der Waals surface area contributed by atoms with Crippen molar-refractivity contribution in [2.24, 2.45) is 5.10 Å². The highest BCUT2D eigenvalue weighted by molar-refractivity contribution is 6.12. The van der Waals surface area contributed by atoms with E-state index < -0.39 is 0 Å². The van der Waals surface area contributed by atoms with Crippen LogP contribution in [0, 0.1) is 0 Å². The molecule has 0 aliphatic heterocycles. The molecule has 0 aliphatic rings. The summed E-state index contributed by atoms with van der Waals surface area (Å²) < 4.78 is 0. The first-order chi connectivity index (χ1) is 11.9. The van der Waals surface area contributed by atoms with Crippen LogP contribution in [0.2, 0.25) is 0 Å². The Hall–Kier alpha value is -3.61. The Morgan fingerprint density at radius 3 is 2.62 bits per heavy atom. The minimum atomic E-state index is 0.557. The highest BCUT2D eigenvalue weighted by Gasteiger charge is 2.09. The Bertz CT molecular complexity index is 936. The van der Waals surface area contributed by atoms with Crippen molar-refractivity contribution in [3.8, 4) is 0 Å². The van der Waals surface area contributed by atoms with Crippen molar-refractivity contribution >= 4 is 22.7 Å². The molecule has 0 unspecified atom stereocenters. The molecule has 3 aromatic heterocycles. The van der Waals surface area contributed by atoms with E-state index in [9.17, 15) is 0 Å². The first-order valence-electron chi connectivity index (χ1n) is 7.36. The minimum Gasteiger partial charge on any atom is -0.340 e. The van der Waals surface area contributed by atoms with Gasteiger partial charge >= 0.3 is 0 Å². The van der Waals surface area contributed by atoms with Crippen LogP contribution in [-0.4, -0.2) is 30.6 Å². The normalized spacial score (nSPS) is 11.6. The van der Waals surface area contributed by atoms with E-state index in [1.165, 1.54) is 6.33 Å². The van der Waals surface area contributed by atoms with E-state index >= 15 is 0 Å². The summed E-state index contributed by atoms with van der Waals surface area (Å²) in [5.74, 6) is 0.557. The number of H-pyrrole nitrogens is 1. The molecule has 0 spiro atoms. The number of nitrogens with one attached hydrogen (secondary N) is 2. The lowest BCUT2D eigenvalue weighted by Gasteiger charge is -2.07. The Kier molecular flexibility index (Phi) is 3.65. The third-order valence-corrected chi connectivity index (χ3v) is 3.45. The lowest BCUT2D eigenvalue weighted by Crippen LogP contribution is -2.09. The van der Waals surface area contributed by atoms with E-state index in [4.69, 9.17) is 0 Å². The van der Waals surface area contributed by atoms with E-state index in [-0.39, 0.29) is 0 Å². The largest absolute Gasteiger partial charge is 0.340 e. The maximum absolute atomic E-state index is 4.53. The summed E-state index contributed by atoms with van der Waals surface area (Å²) in [6.07, 6.45) is 4.76. The van der Waals surface area contributed by atoms with Crippen LogP contribution in [0.3, 0.4) is 0 Å². The van der Waals surface area contributed by atoms with Gasteiger partial charge in [-0.1, -0.05) is 36.4 Å². The molecule has 4 aromatic rings. The predicted octanol–water partition coefficient (Wildman–Crippen LogP) is 2.61. The number of fused-ring (bicyclic) bond motifs is 1. The highest BCUT2D eigenvalue weighted by atomic mass is 15.3. The van der Waals surface area contributed by atoms with Gasteiger partial charge in [0.2, 0.25) is 0 Å². The van der Waals surface area contributed by atoms with Crippen molar-refractivity contribution in [3.63, 3.8) is 0 Å². The van der Waals surface area contributed by atoms with Crippen LogP contribution in [0.5, 0.6) is 0 Å². The van der Waals surface area contributed by atoms with E-state index in [0.717, 1.165) is 17.0 Å². The Balaban J connectivity index is 1.76. The number of anilines is 1. The summed E-state index contributed by atoms with van der Waals surface area (Å²) in [5.41, 5.74) is 6.74. The molecule has 116 valence electrons. The van der Waals surface area contributed by atoms with E-state index in [2.05, 4.69) is 35.4 Å². The molecule has 3 heterocycles. The van der Waals surface area contributed by atoms with Gasteiger partial charge in [0.25, 0.3) is 0 Å². The van der Waals surface area contributed by atoms with E-state index in [0.29, 0.717) is 17.0 Å². The van der Waals surface area contributed by atoms with Crippen molar-refractivity contribution in [1.82, 2.24) is 24.9 Å². The molecule has 0 bridgehead atoms. The van der Waals surface area contributed by atoms with Crippen LogP contribution in [0.25, 0.3) is 11.2 Å². The maximum Gasteiger partial charge on any atom is 0.182 e. The van der Waals surface area contributed by atoms with Crippen LogP contribution in [-0.2, 0) is 0 Å². The molecule has 0 saturated heterocycles. The quantitative estimate of drug-likeness (QED) is 0.446. The highest BCUT2D eigenvalue weighted by Crippen LogP contribution is 2.15. The number of pyridine rings is 1. The molecule has 2 N–H and O–H groups in total. The molecular weight excluding hydrogens is 302 g/mol. The fourth-order valence-corrected chi connectivity index (χ4v) is 2.33. The Labute approximate surface area is 137 Å². The first kappa shape index (κ1) is 14.0. The van der Waals surface area contributed by atoms with Crippen molar-refractivity contribution in [2.75, 3.05) is 5.43 Å². The molecule has 1 aromatic carbocycles. The van der Waals surface area contributed by atoms with Gasteiger partial charge in [0, 0.05) is 11.8 Å². The number of imidazole rings is 1. The number of hydrogen-bond donors (Lipinski definition) is 2. The number of hydrogen-bond acceptors (Lipinski definition) is 6. The topological polar surface area (TPSA) is 91.7 Å². The zero-order chi connectivity index (χ0) is 16.2. The minimum absolute atomic E-state index is 0.557. The molecule has 7 nitrogen and oxygen atoms in total. The predicted molar refractivity (Wildman–Crippen MR) is 91.6 cm³/mol. The number of benzene rings is 1. The molecule has 4 rings (SSSR count). The number of nitrogens with zero attached hydrogens (tertiary/aromatic N) is 5. The molecule has 0 fully saturated rings. The summed E-state index contributed by atoms with van der Waals surface area (Å²) in [5, 5.41) is 4.53. The summed E-state index contributed by atoms with van der Waals surface area (Å²) >= 11 is 0. The molecule has 0 saturated carbocycles. The van der Waals surface area contributed by atoms with Gasteiger partial charge in [-0.2, -0.15) is 5.10 Å². The number of rotatable bonds is 4. The monoisotopic (exact) mass is 315 g/mol. The van der Waals surface area contributed by atoms with Crippen LogP contribution < -0.4 is 5.43 Å². The van der Waals surface area contributed by atoms with Crippen molar-refractivity contribution in [3.05, 3.63) is 78.6 Å². The van der Waals surface area contributed by atoms with E-state index in [1.807, 2.05) is 48.5 Å². The van der Waals surface area contributed by atoms with Crippen LogP contribution >= 0.6 is 0 Å². The van der Waals surface area contributed by atoms with Gasteiger partial charge in [0.05, 0.1) is 12.0 Å². The molecule has 0 amide bonds. The van der Waals surface area contributed by atoms with Gasteiger partial charge < -0.3 is 4.98 Å². The smallest absolute Gasteiger partial charge is 0.182 e. The van der Waals surface area contributed by atoms with Crippen LogP contribution in [0.4, 0.5) is 5.82 Å². The molecule has 7 heteroatoms. The number of hydrazone groups is 1. The fourth-order valence-electron chi connectivity index (χ4n) is 2.33. The van der Waals surface area contributed by atoms with Gasteiger partial charge in [0.1, 0.15) is 17.6 Å². The lowest BCUT2D eigenvalue weighted by atomic mass is 10.1. The van der Waals surface area contributed by atoms with Gasteiger partial charge in [-0.25, -0.2) is 15.0 Å². The number of aromatic nitrogens is 5. The van der Waals surface area contributed by atoms with Gasteiger partial charge in [-0.15, -0.1) is 0 Å². The summed E-state index contributed by atoms with van der Waals surface area (Å²) in [7, 11) is 0. The molecule has 0 radical (unpaired) electrons. The summed E-state index contributed by atoms with van der Waals surface area (Å²) in [4.78, 5) is 19.8. The molecular formula is C17H13N7. The lowest BCUT2D eigenvalue weighted by molar-refractivity contribution is 1.16. The second-order valence-corrected chi connectivity index (χ2v) is 4.98. The first-order valence-corrected chi connectivity index (χ1v) is 7.36. The SMILES string of the molecule is c1ccc(/C(=N/Nc2ncnc3nc[nH]c23)c2ccccn2)cc1. The Morgan fingerprint density at radius 1 is 0.917 bits per heavy atom. The van der Waals surface area contributed by atoms with Crippen molar-refractivity contribution < 1.29 is 0 Å². The number of aromatic amines is 1. The Morgan fingerprint density at radius 2 is 1.79 bits per heavy atom. The fraction of sp³-hybridized carbons (Fsp3) is 0. The van der Waals surface area contributed by atoms with E-state index in [1.54, 1.807) is 12.5 Å². The van der Waals surface area contributed by atoms with Crippen LogP contribution in [0.1, 0.15) is 11.3 Å². The zero-order valence-corrected chi connectivity index (χ0v) is 12.6. The van der Waals surface area contributed by atoms with Crippen molar-refractivity contribution in [1.29, 1.82) is 0 Å². The van der Waals surface area contributed by atoms with Crippen molar-refractivity contribution in [2.45, 2.75) is 0 Å². The molecule has 0 aliphatic carbocycles. The average Bonchev–Trinajstić information content (AvgIpc) is 3.13. The maximum atomic E-state index is 4.53. The summed E-state index contributed by atoms with van der Waals surface area (Å²) in [6.45, 7) is 0. The van der Waals surface area contributed by atoms with Gasteiger partial charge in [-0.3, -0.25) is 10.4 Å². The zero-order valence-electron chi connectivity index (χ0n) is 12.6. The summed E-state index contributed by atoms with van der Waals surface area (Å²) in [6, 6.07) is 15.6. The van der Waals surface area contributed by atoms with Crippen LogP contribution in [0.15, 0.2) is 72.5 Å². The third-order valence-electron chi connectivity index (χ3n) is 3.45. The molecule has 0 atom stereocenters. The average molecular weight is 315 g/mol. The standard InChI is InChI=1S/C17H13N7/c1-2-6-12(7-3-1)14(13-8-4-5-9-18-13)23-24-17-15-16(20-10-19-15)21-11-22-17/h1-11H,(H2,19,20,21,22,24)/b23-14-. The van der Waals surface area contributed by atoms with Gasteiger partial charge in [0.15, 0.2) is 11.5 Å². The van der Waals surface area contributed by atoms with Gasteiger partial charge in [-0.05, 0) is 12.1 Å². The third kappa shape index (κ3) is 2.70. The second kappa shape index (κ2) is 6.25. The second-order valence-electron chi connectivity index (χ2n) is 4.98. The molecule has 24 heavy (non-hydrogen) atoms.